The molecule has 1 heterocycles. The molecular formula is C14H19NO3S. The Labute approximate surface area is 116 Å². The predicted octanol–water partition coefficient (Wildman–Crippen LogP) is 2.30. The lowest BCUT2D eigenvalue weighted by Gasteiger charge is -2.19. The summed E-state index contributed by atoms with van der Waals surface area (Å²) < 4.78 is 0. The van der Waals surface area contributed by atoms with E-state index in [1.54, 1.807) is 11.3 Å². The third-order valence-electron chi connectivity index (χ3n) is 3.65. The largest absolute Gasteiger partial charge is 0.481 e. The number of carbonyl (C=O) groups is 2. The highest BCUT2D eigenvalue weighted by molar-refractivity contribution is 7.09. The number of carboxylic acid groups (broad SMARTS) is 1. The molecule has 2 rings (SSSR count). The van der Waals surface area contributed by atoms with Gasteiger partial charge in [-0.2, -0.15) is 0 Å². The fraction of sp³-hybridized carbons (Fsp3) is 0.571. The van der Waals surface area contributed by atoms with Crippen LogP contribution in [-0.4, -0.2) is 23.0 Å². The van der Waals surface area contributed by atoms with Crippen molar-refractivity contribution < 1.29 is 14.7 Å². The molecule has 1 saturated carbocycles. The van der Waals surface area contributed by atoms with Crippen molar-refractivity contribution in [3.8, 4) is 0 Å². The fourth-order valence-electron chi connectivity index (χ4n) is 2.70. The summed E-state index contributed by atoms with van der Waals surface area (Å²) in [6.45, 7) is 1.96. The molecule has 5 heteroatoms. The Hall–Kier alpha value is -1.36. The van der Waals surface area contributed by atoms with Crippen LogP contribution >= 0.6 is 11.3 Å². The van der Waals surface area contributed by atoms with Gasteiger partial charge in [-0.15, -0.1) is 11.3 Å². The van der Waals surface area contributed by atoms with Gasteiger partial charge in [0.05, 0.1) is 11.8 Å². The van der Waals surface area contributed by atoms with E-state index in [9.17, 15) is 9.59 Å². The Morgan fingerprint density at radius 2 is 2.21 bits per heavy atom. The Kier molecular flexibility index (Phi) is 4.58. The lowest BCUT2D eigenvalue weighted by atomic mass is 9.95. The third-order valence-corrected chi connectivity index (χ3v) is 4.54. The van der Waals surface area contributed by atoms with E-state index in [1.807, 2.05) is 24.4 Å². The molecule has 0 aromatic carbocycles. The van der Waals surface area contributed by atoms with Gasteiger partial charge in [-0.25, -0.2) is 0 Å². The number of thiophene rings is 1. The minimum absolute atomic E-state index is 0.0428. The number of hydrogen-bond donors (Lipinski definition) is 2. The average Bonchev–Trinajstić information content (AvgIpc) is 2.97. The summed E-state index contributed by atoms with van der Waals surface area (Å²) in [7, 11) is 0. The smallest absolute Gasteiger partial charge is 0.307 e. The summed E-state index contributed by atoms with van der Waals surface area (Å²) in [4.78, 5) is 24.4. The minimum Gasteiger partial charge on any atom is -0.481 e. The van der Waals surface area contributed by atoms with Gasteiger partial charge in [-0.1, -0.05) is 12.5 Å². The molecule has 104 valence electrons. The van der Waals surface area contributed by atoms with Crippen LogP contribution in [0.25, 0.3) is 0 Å². The molecule has 1 fully saturated rings. The first kappa shape index (κ1) is 14.1. The van der Waals surface area contributed by atoms with E-state index >= 15 is 0 Å². The Morgan fingerprint density at radius 3 is 2.84 bits per heavy atom. The van der Waals surface area contributed by atoms with Gasteiger partial charge >= 0.3 is 5.97 Å². The van der Waals surface area contributed by atoms with Crippen LogP contribution in [0.4, 0.5) is 0 Å². The van der Waals surface area contributed by atoms with Crippen LogP contribution in [0.1, 0.15) is 31.1 Å². The molecule has 2 N–H and O–H groups in total. The lowest BCUT2D eigenvalue weighted by molar-refractivity contribution is -0.146. The van der Waals surface area contributed by atoms with Crippen molar-refractivity contribution >= 4 is 23.2 Å². The van der Waals surface area contributed by atoms with Crippen molar-refractivity contribution in [2.45, 2.75) is 38.6 Å². The van der Waals surface area contributed by atoms with E-state index < -0.39 is 11.9 Å². The van der Waals surface area contributed by atoms with Gasteiger partial charge in [0.15, 0.2) is 0 Å². The first-order chi connectivity index (χ1) is 9.08. The maximum Gasteiger partial charge on any atom is 0.307 e. The summed E-state index contributed by atoms with van der Waals surface area (Å²) in [6, 6.07) is 4.08. The van der Waals surface area contributed by atoms with Crippen molar-refractivity contribution in [2.75, 3.05) is 0 Å². The van der Waals surface area contributed by atoms with Gasteiger partial charge in [0.2, 0.25) is 5.91 Å². The van der Waals surface area contributed by atoms with E-state index in [0.29, 0.717) is 12.8 Å². The lowest BCUT2D eigenvalue weighted by Crippen LogP contribution is -2.40. The number of aliphatic carboxylic acids is 1. The normalized spacial score (nSPS) is 24.1. The Morgan fingerprint density at radius 1 is 1.47 bits per heavy atom. The summed E-state index contributed by atoms with van der Waals surface area (Å²) >= 11 is 1.67. The minimum atomic E-state index is -0.844. The molecule has 0 saturated heterocycles. The molecular weight excluding hydrogens is 262 g/mol. The Balaban J connectivity index is 1.88. The highest BCUT2D eigenvalue weighted by Crippen LogP contribution is 2.32. The van der Waals surface area contributed by atoms with Crippen LogP contribution in [0.5, 0.6) is 0 Å². The molecule has 1 aromatic heterocycles. The van der Waals surface area contributed by atoms with Crippen LogP contribution < -0.4 is 5.32 Å². The molecule has 0 aliphatic heterocycles. The molecule has 1 aromatic rings. The monoisotopic (exact) mass is 281 g/mol. The van der Waals surface area contributed by atoms with Gasteiger partial charge < -0.3 is 10.4 Å². The van der Waals surface area contributed by atoms with E-state index in [1.165, 1.54) is 4.88 Å². The first-order valence-electron chi connectivity index (χ1n) is 6.63. The zero-order chi connectivity index (χ0) is 13.8. The summed E-state index contributed by atoms with van der Waals surface area (Å²) in [5.41, 5.74) is 0. The van der Waals surface area contributed by atoms with Gasteiger partial charge in [-0.05, 0) is 31.2 Å². The number of rotatable bonds is 5. The first-order valence-corrected chi connectivity index (χ1v) is 7.51. The molecule has 1 amide bonds. The van der Waals surface area contributed by atoms with Crippen molar-refractivity contribution in [1.29, 1.82) is 0 Å². The zero-order valence-electron chi connectivity index (χ0n) is 11.0. The van der Waals surface area contributed by atoms with Gasteiger partial charge in [0.1, 0.15) is 0 Å². The van der Waals surface area contributed by atoms with Crippen molar-refractivity contribution in [3.05, 3.63) is 22.4 Å². The summed E-state index contributed by atoms with van der Waals surface area (Å²) in [5, 5.41) is 14.1. The molecule has 1 aliphatic carbocycles. The van der Waals surface area contributed by atoms with Crippen LogP contribution in [0.2, 0.25) is 0 Å². The number of amides is 1. The highest BCUT2D eigenvalue weighted by Gasteiger charge is 2.37. The van der Waals surface area contributed by atoms with Crippen molar-refractivity contribution in [3.63, 3.8) is 0 Å². The van der Waals surface area contributed by atoms with Gasteiger partial charge in [0, 0.05) is 17.3 Å². The van der Waals surface area contributed by atoms with E-state index in [-0.39, 0.29) is 17.9 Å². The van der Waals surface area contributed by atoms with Gasteiger partial charge in [0.25, 0.3) is 0 Å². The molecule has 19 heavy (non-hydrogen) atoms. The number of carbonyl (C=O) groups excluding carboxylic acids is 1. The molecule has 1 aliphatic rings. The van der Waals surface area contributed by atoms with Gasteiger partial charge in [-0.3, -0.25) is 9.59 Å². The zero-order valence-corrected chi connectivity index (χ0v) is 11.8. The molecule has 0 spiro atoms. The van der Waals surface area contributed by atoms with Crippen LogP contribution in [-0.2, 0) is 16.0 Å². The summed E-state index contributed by atoms with van der Waals surface area (Å²) in [6.07, 6.45) is 2.93. The quantitative estimate of drug-likeness (QED) is 0.870. The summed E-state index contributed by atoms with van der Waals surface area (Å²) in [5.74, 6) is -1.81. The second-order valence-corrected chi connectivity index (χ2v) is 6.21. The number of hydrogen-bond acceptors (Lipinski definition) is 3. The third kappa shape index (κ3) is 3.56. The van der Waals surface area contributed by atoms with E-state index in [0.717, 1.165) is 12.8 Å². The average molecular weight is 281 g/mol. The molecule has 3 atom stereocenters. The topological polar surface area (TPSA) is 66.4 Å². The molecule has 4 nitrogen and oxygen atoms in total. The standard InChI is InChI=1S/C14H19NO3S/c1-9(8-10-4-3-7-19-10)15-13(16)11-5-2-6-12(11)14(17)18/h3-4,7,9,11-12H,2,5-6,8H2,1H3,(H,15,16)(H,17,18). The van der Waals surface area contributed by atoms with Crippen LogP contribution in [0.3, 0.4) is 0 Å². The second-order valence-electron chi connectivity index (χ2n) is 5.18. The number of carboxylic acids is 1. The Bertz CT molecular complexity index is 444. The van der Waals surface area contributed by atoms with Crippen molar-refractivity contribution in [1.82, 2.24) is 5.32 Å². The number of nitrogens with one attached hydrogen (secondary N) is 1. The van der Waals surface area contributed by atoms with E-state index in [2.05, 4.69) is 5.32 Å². The fourth-order valence-corrected chi connectivity index (χ4v) is 3.54. The van der Waals surface area contributed by atoms with E-state index in [4.69, 9.17) is 5.11 Å². The molecule has 0 radical (unpaired) electrons. The molecule has 3 unspecified atom stereocenters. The maximum atomic E-state index is 12.1. The van der Waals surface area contributed by atoms with Crippen molar-refractivity contribution in [2.24, 2.45) is 11.8 Å². The highest BCUT2D eigenvalue weighted by atomic mass is 32.1. The van der Waals surface area contributed by atoms with Crippen LogP contribution in [0, 0.1) is 11.8 Å². The van der Waals surface area contributed by atoms with Crippen LogP contribution in [0.15, 0.2) is 17.5 Å². The second kappa shape index (κ2) is 6.19. The SMILES string of the molecule is CC(Cc1cccs1)NC(=O)C1CCCC1C(=O)O. The predicted molar refractivity (Wildman–Crippen MR) is 74.1 cm³/mol. The molecule has 0 bridgehead atoms. The maximum absolute atomic E-state index is 12.1.